The van der Waals surface area contributed by atoms with Gasteiger partial charge in [0.25, 0.3) is 0 Å². The number of hydrogen-bond donors (Lipinski definition) is 0. The molecule has 1 fully saturated rings. The van der Waals surface area contributed by atoms with Crippen LogP contribution in [0.1, 0.15) is 33.6 Å². The third-order valence-corrected chi connectivity index (χ3v) is 5.36. The van der Waals surface area contributed by atoms with E-state index in [2.05, 4.69) is 9.97 Å². The normalized spacial score (nSPS) is 19.8. The maximum atomic E-state index is 12.6. The predicted molar refractivity (Wildman–Crippen MR) is 80.0 cm³/mol. The van der Waals surface area contributed by atoms with E-state index in [1.54, 1.807) is 20.8 Å². The molecule has 0 spiro atoms. The highest BCUT2D eigenvalue weighted by molar-refractivity contribution is 7.92. The molecular formula is C14H21N3O4S. The van der Waals surface area contributed by atoms with Crippen LogP contribution >= 0.6 is 0 Å². The monoisotopic (exact) mass is 327 g/mol. The van der Waals surface area contributed by atoms with Gasteiger partial charge in [0.2, 0.25) is 9.84 Å². The quantitative estimate of drug-likeness (QED) is 0.820. The second kappa shape index (κ2) is 6.20. The Labute approximate surface area is 130 Å². The number of ether oxygens (including phenoxy) is 1. The second-order valence-electron chi connectivity index (χ2n) is 6.28. The summed E-state index contributed by atoms with van der Waals surface area (Å²) in [4.78, 5) is 21.2. The number of hydrogen-bond acceptors (Lipinski definition) is 6. The highest BCUT2D eigenvalue weighted by Crippen LogP contribution is 2.23. The van der Waals surface area contributed by atoms with Gasteiger partial charge in [-0.2, -0.15) is 0 Å². The molecule has 7 nitrogen and oxygen atoms in total. The molecule has 0 saturated carbocycles. The van der Waals surface area contributed by atoms with Gasteiger partial charge < -0.3 is 9.64 Å². The summed E-state index contributed by atoms with van der Waals surface area (Å²) in [5.74, 6) is 0. The van der Waals surface area contributed by atoms with Gasteiger partial charge in [-0.3, -0.25) is 4.98 Å². The number of carbonyl (C=O) groups is 1. The zero-order valence-electron chi connectivity index (χ0n) is 13.0. The van der Waals surface area contributed by atoms with Crippen molar-refractivity contribution in [3.8, 4) is 0 Å². The van der Waals surface area contributed by atoms with Crippen LogP contribution in [0, 0.1) is 0 Å². The van der Waals surface area contributed by atoms with Crippen molar-refractivity contribution >= 4 is 15.9 Å². The molecule has 22 heavy (non-hydrogen) atoms. The molecule has 8 heteroatoms. The molecule has 1 aromatic heterocycles. The van der Waals surface area contributed by atoms with Gasteiger partial charge in [0.05, 0.1) is 11.4 Å². The number of aromatic nitrogens is 2. The molecule has 2 rings (SSSR count). The van der Waals surface area contributed by atoms with E-state index in [0.717, 1.165) is 0 Å². The van der Waals surface area contributed by atoms with E-state index in [9.17, 15) is 13.2 Å². The van der Waals surface area contributed by atoms with Gasteiger partial charge in [-0.1, -0.05) is 0 Å². The third-order valence-electron chi connectivity index (χ3n) is 3.30. The van der Waals surface area contributed by atoms with Crippen molar-refractivity contribution in [1.29, 1.82) is 0 Å². The Morgan fingerprint density at radius 2 is 2.09 bits per heavy atom. The summed E-state index contributed by atoms with van der Waals surface area (Å²) < 4.78 is 30.4. The summed E-state index contributed by atoms with van der Waals surface area (Å²) >= 11 is 0. The molecule has 0 N–H and O–H groups in total. The van der Waals surface area contributed by atoms with Crippen molar-refractivity contribution in [1.82, 2.24) is 14.9 Å². The highest BCUT2D eigenvalue weighted by Gasteiger charge is 2.36. The largest absolute Gasteiger partial charge is 0.444 e. The number of sulfone groups is 1. The lowest BCUT2D eigenvalue weighted by Crippen LogP contribution is -2.47. The Balaban J connectivity index is 2.12. The minimum absolute atomic E-state index is 0.0500. The first-order chi connectivity index (χ1) is 10.2. The lowest BCUT2D eigenvalue weighted by molar-refractivity contribution is 0.0219. The van der Waals surface area contributed by atoms with Crippen LogP contribution in [0.3, 0.4) is 0 Å². The molecule has 2 heterocycles. The molecule has 1 saturated heterocycles. The van der Waals surface area contributed by atoms with E-state index < -0.39 is 26.8 Å². The first-order valence-electron chi connectivity index (χ1n) is 7.18. The Morgan fingerprint density at radius 1 is 1.36 bits per heavy atom. The van der Waals surface area contributed by atoms with Gasteiger partial charge in [0, 0.05) is 25.5 Å². The maximum absolute atomic E-state index is 12.6. The second-order valence-corrected chi connectivity index (χ2v) is 8.45. The van der Waals surface area contributed by atoms with Gasteiger partial charge in [-0.05, 0) is 33.6 Å². The third kappa shape index (κ3) is 3.94. The molecule has 1 aromatic rings. The van der Waals surface area contributed by atoms with Gasteiger partial charge >= 0.3 is 6.09 Å². The van der Waals surface area contributed by atoms with Crippen molar-refractivity contribution < 1.29 is 17.9 Å². The Kier molecular flexibility index (Phi) is 4.69. The molecule has 1 aliphatic heterocycles. The lowest BCUT2D eigenvalue weighted by atomic mass is 10.1. The van der Waals surface area contributed by atoms with Crippen LogP contribution in [0.2, 0.25) is 0 Å². The maximum Gasteiger partial charge on any atom is 0.410 e. The Bertz CT molecular complexity index is 625. The van der Waals surface area contributed by atoms with E-state index in [1.807, 2.05) is 0 Å². The smallest absolute Gasteiger partial charge is 0.410 e. The molecule has 0 radical (unpaired) electrons. The van der Waals surface area contributed by atoms with Gasteiger partial charge in [-0.25, -0.2) is 18.2 Å². The number of nitrogens with zero attached hydrogens (tertiary/aromatic N) is 3. The summed E-state index contributed by atoms with van der Waals surface area (Å²) in [5, 5.41) is -0.725. The van der Waals surface area contributed by atoms with Gasteiger partial charge in [0.1, 0.15) is 5.60 Å². The highest BCUT2D eigenvalue weighted by atomic mass is 32.2. The van der Waals surface area contributed by atoms with Crippen molar-refractivity contribution in [2.75, 3.05) is 13.1 Å². The van der Waals surface area contributed by atoms with Crippen LogP contribution in [0.25, 0.3) is 0 Å². The van der Waals surface area contributed by atoms with Crippen molar-refractivity contribution in [3.63, 3.8) is 0 Å². The number of rotatable bonds is 2. The Hall–Kier alpha value is -1.70. The van der Waals surface area contributed by atoms with E-state index in [0.29, 0.717) is 19.4 Å². The molecular weight excluding hydrogens is 306 g/mol. The average Bonchev–Trinajstić information content (AvgIpc) is 2.46. The van der Waals surface area contributed by atoms with E-state index >= 15 is 0 Å². The molecule has 0 unspecified atom stereocenters. The van der Waals surface area contributed by atoms with Crippen molar-refractivity contribution in [3.05, 3.63) is 18.6 Å². The summed E-state index contributed by atoms with van der Waals surface area (Å²) in [6, 6.07) is 0. The molecule has 122 valence electrons. The predicted octanol–water partition coefficient (Wildman–Crippen LogP) is 1.65. The van der Waals surface area contributed by atoms with Crippen LogP contribution in [0.4, 0.5) is 4.79 Å². The fourth-order valence-electron chi connectivity index (χ4n) is 2.29. The number of piperidine rings is 1. The number of likely N-dealkylation sites (tertiary alicyclic amines) is 1. The zero-order valence-corrected chi connectivity index (χ0v) is 13.8. The zero-order chi connectivity index (χ0) is 16.4. The van der Waals surface area contributed by atoms with Crippen molar-refractivity contribution in [2.24, 2.45) is 0 Å². The standard InChI is InChI=1S/C14H21N3O4S/c1-14(2,3)21-13(18)17-8-4-5-11(10-17)22(19,20)12-9-15-6-7-16-12/h6-7,9,11H,4-5,8,10H2,1-3H3/t11-/m1/s1. The minimum Gasteiger partial charge on any atom is -0.444 e. The SMILES string of the molecule is CC(C)(C)OC(=O)N1CCC[C@@H](S(=O)(=O)c2cnccn2)C1. The first-order valence-corrected chi connectivity index (χ1v) is 8.72. The fraction of sp³-hybridized carbons (Fsp3) is 0.643. The van der Waals surface area contributed by atoms with E-state index in [4.69, 9.17) is 4.74 Å². The minimum atomic E-state index is -3.60. The number of carbonyl (C=O) groups excluding carboxylic acids is 1. The molecule has 0 aliphatic carbocycles. The number of amides is 1. The topological polar surface area (TPSA) is 89.5 Å². The summed E-state index contributed by atoms with van der Waals surface area (Å²) in [7, 11) is -3.60. The molecule has 1 aliphatic rings. The summed E-state index contributed by atoms with van der Waals surface area (Å²) in [5.41, 5.74) is -0.603. The molecule has 1 atom stereocenters. The summed E-state index contributed by atoms with van der Waals surface area (Å²) in [6.45, 7) is 5.96. The van der Waals surface area contributed by atoms with E-state index in [1.165, 1.54) is 23.5 Å². The van der Waals surface area contributed by atoms with Crippen LogP contribution < -0.4 is 0 Å². The molecule has 0 aromatic carbocycles. The first kappa shape index (κ1) is 16.7. The van der Waals surface area contributed by atoms with Crippen LogP contribution in [0.15, 0.2) is 23.6 Å². The van der Waals surface area contributed by atoms with Crippen molar-refractivity contribution in [2.45, 2.75) is 49.5 Å². The Morgan fingerprint density at radius 3 is 2.68 bits per heavy atom. The molecule has 0 bridgehead atoms. The van der Waals surface area contributed by atoms with Crippen LogP contribution in [0.5, 0.6) is 0 Å². The van der Waals surface area contributed by atoms with Gasteiger partial charge in [0.15, 0.2) is 5.03 Å². The molecule has 1 amide bonds. The average molecular weight is 327 g/mol. The van der Waals surface area contributed by atoms with Crippen LogP contribution in [-0.2, 0) is 14.6 Å². The summed E-state index contributed by atoms with van der Waals surface area (Å²) in [6.07, 6.45) is 4.64. The van der Waals surface area contributed by atoms with Gasteiger partial charge in [-0.15, -0.1) is 0 Å². The van der Waals surface area contributed by atoms with E-state index in [-0.39, 0.29) is 11.6 Å². The fourth-order valence-corrected chi connectivity index (χ4v) is 3.90. The lowest BCUT2D eigenvalue weighted by Gasteiger charge is -2.33. The van der Waals surface area contributed by atoms with Crippen LogP contribution in [-0.4, -0.2) is 53.3 Å².